The van der Waals surface area contributed by atoms with Crippen LogP contribution in [0.1, 0.15) is 11.6 Å². The van der Waals surface area contributed by atoms with Crippen molar-refractivity contribution < 1.29 is 4.39 Å². The highest BCUT2D eigenvalue weighted by Gasteiger charge is 2.11. The van der Waals surface area contributed by atoms with Crippen LogP contribution in [-0.4, -0.2) is 15.0 Å². The average molecular weight is 284 g/mol. The highest BCUT2D eigenvalue weighted by molar-refractivity contribution is 5.76. The summed E-state index contributed by atoms with van der Waals surface area (Å²) in [5, 5.41) is 8.35. The van der Waals surface area contributed by atoms with Gasteiger partial charge in [-0.1, -0.05) is 29.5 Å². The van der Waals surface area contributed by atoms with E-state index in [4.69, 9.17) is 5.73 Å². The zero-order chi connectivity index (χ0) is 14.8. The molecule has 0 aliphatic carbocycles. The number of aromatic nitrogens is 3. The van der Waals surface area contributed by atoms with Crippen LogP contribution in [0.4, 0.5) is 4.39 Å². The van der Waals surface area contributed by atoms with Crippen LogP contribution in [0.15, 0.2) is 53.3 Å². The largest absolute Gasteiger partial charge is 0.322 e. The van der Waals surface area contributed by atoms with Crippen molar-refractivity contribution in [1.29, 1.82) is 0 Å². The van der Waals surface area contributed by atoms with Gasteiger partial charge in [-0.3, -0.25) is 4.79 Å². The van der Waals surface area contributed by atoms with Gasteiger partial charge in [-0.05, 0) is 29.8 Å². The van der Waals surface area contributed by atoms with Crippen LogP contribution in [0.25, 0.3) is 10.9 Å². The average Bonchev–Trinajstić information content (AvgIpc) is 2.50. The number of nitrogens with two attached hydrogens (primary N) is 1. The molecule has 2 N–H and O–H groups in total. The predicted molar refractivity (Wildman–Crippen MR) is 77.1 cm³/mol. The third kappa shape index (κ3) is 2.66. The predicted octanol–water partition coefficient (Wildman–Crippen LogP) is 1.63. The lowest BCUT2D eigenvalue weighted by atomic mass is 10.1. The molecule has 5 nitrogen and oxygen atoms in total. The van der Waals surface area contributed by atoms with Crippen molar-refractivity contribution >= 4 is 10.9 Å². The first-order chi connectivity index (χ1) is 10.1. The molecule has 0 bridgehead atoms. The first-order valence-electron chi connectivity index (χ1n) is 6.49. The number of rotatable bonds is 3. The molecule has 0 fully saturated rings. The highest BCUT2D eigenvalue weighted by Crippen LogP contribution is 2.13. The molecule has 1 unspecified atom stereocenters. The zero-order valence-electron chi connectivity index (χ0n) is 11.1. The minimum absolute atomic E-state index is 0.139. The van der Waals surface area contributed by atoms with Crippen LogP contribution in [0.3, 0.4) is 0 Å². The molecule has 0 amide bonds. The van der Waals surface area contributed by atoms with E-state index in [1.807, 2.05) is 0 Å². The Balaban J connectivity index is 1.95. The summed E-state index contributed by atoms with van der Waals surface area (Å²) in [6.45, 7) is 0.139. The fourth-order valence-corrected chi connectivity index (χ4v) is 2.17. The zero-order valence-corrected chi connectivity index (χ0v) is 11.1. The van der Waals surface area contributed by atoms with Crippen molar-refractivity contribution in [1.82, 2.24) is 15.0 Å². The van der Waals surface area contributed by atoms with Crippen molar-refractivity contribution in [2.24, 2.45) is 5.73 Å². The van der Waals surface area contributed by atoms with E-state index in [9.17, 15) is 9.18 Å². The Bertz CT molecular complexity index is 846. The molecule has 3 aromatic rings. The normalized spacial score (nSPS) is 12.5. The molecule has 3 rings (SSSR count). The number of benzene rings is 2. The Morgan fingerprint density at radius 2 is 2.00 bits per heavy atom. The molecule has 2 aromatic carbocycles. The van der Waals surface area contributed by atoms with Gasteiger partial charge in [0.15, 0.2) is 0 Å². The molecular weight excluding hydrogens is 271 g/mol. The van der Waals surface area contributed by atoms with E-state index in [0.717, 1.165) is 0 Å². The van der Waals surface area contributed by atoms with Gasteiger partial charge in [-0.2, -0.15) is 0 Å². The van der Waals surface area contributed by atoms with E-state index in [1.54, 1.807) is 36.4 Å². The Morgan fingerprint density at radius 1 is 1.19 bits per heavy atom. The molecule has 0 radical (unpaired) electrons. The summed E-state index contributed by atoms with van der Waals surface area (Å²) in [5.74, 6) is -0.361. The topological polar surface area (TPSA) is 73.8 Å². The van der Waals surface area contributed by atoms with E-state index in [0.29, 0.717) is 16.5 Å². The second kappa shape index (κ2) is 5.41. The third-order valence-corrected chi connectivity index (χ3v) is 3.28. The smallest absolute Gasteiger partial charge is 0.277 e. The minimum atomic E-state index is -0.533. The van der Waals surface area contributed by atoms with Crippen LogP contribution >= 0.6 is 0 Å². The summed E-state index contributed by atoms with van der Waals surface area (Å²) in [4.78, 5) is 12.3. The highest BCUT2D eigenvalue weighted by atomic mass is 19.1. The summed E-state index contributed by atoms with van der Waals surface area (Å²) in [6, 6.07) is 12.4. The van der Waals surface area contributed by atoms with Crippen molar-refractivity contribution in [3.63, 3.8) is 0 Å². The lowest BCUT2D eigenvalue weighted by molar-refractivity contribution is 0.484. The van der Waals surface area contributed by atoms with Crippen molar-refractivity contribution in [3.05, 3.63) is 70.3 Å². The van der Waals surface area contributed by atoms with Gasteiger partial charge >= 0.3 is 0 Å². The molecule has 21 heavy (non-hydrogen) atoms. The molecule has 0 aliphatic heterocycles. The maximum Gasteiger partial charge on any atom is 0.277 e. The number of nitrogens with zero attached hydrogens (tertiary/aromatic N) is 3. The van der Waals surface area contributed by atoms with E-state index < -0.39 is 6.04 Å². The van der Waals surface area contributed by atoms with Gasteiger partial charge in [0.25, 0.3) is 5.56 Å². The van der Waals surface area contributed by atoms with Gasteiger partial charge in [-0.15, -0.1) is 5.10 Å². The first-order valence-corrected chi connectivity index (χ1v) is 6.49. The van der Waals surface area contributed by atoms with E-state index in [1.165, 1.54) is 16.8 Å². The first kappa shape index (κ1) is 13.4. The maximum atomic E-state index is 13.2. The lowest BCUT2D eigenvalue weighted by Gasteiger charge is -2.13. The van der Waals surface area contributed by atoms with Crippen LogP contribution in [0.2, 0.25) is 0 Å². The SMILES string of the molecule is NC(Cn1nnc2ccccc2c1=O)c1cccc(F)c1. The van der Waals surface area contributed by atoms with Crippen LogP contribution in [-0.2, 0) is 6.54 Å². The minimum Gasteiger partial charge on any atom is -0.322 e. The van der Waals surface area contributed by atoms with Crippen molar-refractivity contribution in [3.8, 4) is 0 Å². The molecule has 6 heteroatoms. The Labute approximate surface area is 119 Å². The fourth-order valence-electron chi connectivity index (χ4n) is 2.17. The quantitative estimate of drug-likeness (QED) is 0.793. The van der Waals surface area contributed by atoms with E-state index >= 15 is 0 Å². The third-order valence-electron chi connectivity index (χ3n) is 3.28. The monoisotopic (exact) mass is 284 g/mol. The summed E-state index contributed by atoms with van der Waals surface area (Å²) in [5.41, 5.74) is 6.91. The van der Waals surface area contributed by atoms with E-state index in [-0.39, 0.29) is 17.9 Å². The molecule has 0 saturated heterocycles. The summed E-state index contributed by atoms with van der Waals surface area (Å²) >= 11 is 0. The van der Waals surface area contributed by atoms with Gasteiger partial charge in [0.05, 0.1) is 11.9 Å². The van der Waals surface area contributed by atoms with Crippen molar-refractivity contribution in [2.45, 2.75) is 12.6 Å². The van der Waals surface area contributed by atoms with E-state index in [2.05, 4.69) is 10.3 Å². The maximum absolute atomic E-state index is 13.2. The fraction of sp³-hybridized carbons (Fsp3) is 0.133. The number of hydrogen-bond acceptors (Lipinski definition) is 4. The summed E-state index contributed by atoms with van der Waals surface area (Å²) < 4.78 is 14.4. The Kier molecular flexibility index (Phi) is 3.45. The van der Waals surface area contributed by atoms with Crippen molar-refractivity contribution in [2.75, 3.05) is 0 Å². The van der Waals surface area contributed by atoms with Gasteiger partial charge in [0.2, 0.25) is 0 Å². The van der Waals surface area contributed by atoms with Crippen LogP contribution in [0.5, 0.6) is 0 Å². The second-order valence-corrected chi connectivity index (χ2v) is 4.76. The lowest BCUT2D eigenvalue weighted by Crippen LogP contribution is -2.29. The number of fused-ring (bicyclic) bond motifs is 1. The van der Waals surface area contributed by atoms with Gasteiger partial charge in [-0.25, -0.2) is 9.07 Å². The van der Waals surface area contributed by atoms with Crippen LogP contribution in [0, 0.1) is 5.82 Å². The molecule has 1 atom stereocenters. The molecule has 1 heterocycles. The molecule has 0 aliphatic rings. The van der Waals surface area contributed by atoms with Gasteiger partial charge in [0.1, 0.15) is 11.3 Å². The number of hydrogen-bond donors (Lipinski definition) is 1. The second-order valence-electron chi connectivity index (χ2n) is 4.76. The molecular formula is C15H13FN4O. The summed E-state index contributed by atoms with van der Waals surface area (Å²) in [6.07, 6.45) is 0. The summed E-state index contributed by atoms with van der Waals surface area (Å²) in [7, 11) is 0. The molecule has 0 saturated carbocycles. The van der Waals surface area contributed by atoms with Crippen LogP contribution < -0.4 is 11.3 Å². The molecule has 0 spiro atoms. The standard InChI is InChI=1S/C15H13FN4O/c16-11-5-3-4-10(8-11)13(17)9-20-15(21)12-6-1-2-7-14(12)18-19-20/h1-8,13H,9,17H2. The van der Waals surface area contributed by atoms with Gasteiger partial charge in [0, 0.05) is 6.04 Å². The molecule has 1 aromatic heterocycles. The molecule has 106 valence electrons. The number of halogens is 1. The Hall–Kier alpha value is -2.60. The Morgan fingerprint density at radius 3 is 2.81 bits per heavy atom. The van der Waals surface area contributed by atoms with Gasteiger partial charge < -0.3 is 5.73 Å².